The number of nitriles is 1. The molecule has 21 heavy (non-hydrogen) atoms. The maximum atomic E-state index is 11.4. The zero-order valence-electron chi connectivity index (χ0n) is 11.4. The minimum absolute atomic E-state index is 0.473. The molecule has 1 N–H and O–H groups in total. The van der Waals surface area contributed by atoms with Crippen molar-refractivity contribution in [1.29, 1.82) is 5.26 Å². The van der Waals surface area contributed by atoms with Crippen LogP contribution in [0.25, 0.3) is 0 Å². The van der Waals surface area contributed by atoms with Gasteiger partial charge in [0.25, 0.3) is 0 Å². The highest BCUT2D eigenvalue weighted by molar-refractivity contribution is 5.82. The van der Waals surface area contributed by atoms with Crippen molar-refractivity contribution in [3.63, 3.8) is 0 Å². The number of carboxylic acids is 1. The molecule has 0 saturated heterocycles. The number of carboxylic acid groups (broad SMARTS) is 1. The molecule has 1 unspecified atom stereocenters. The fraction of sp³-hybridized carbons (Fsp3) is 0.176. The molecule has 104 valence electrons. The minimum Gasteiger partial charge on any atom is -0.481 e. The monoisotopic (exact) mass is 278 g/mol. The van der Waals surface area contributed by atoms with Gasteiger partial charge in [0, 0.05) is 18.8 Å². The maximum Gasteiger partial charge on any atom is 0.312 e. The quantitative estimate of drug-likeness (QED) is 0.937. The number of fused-ring (bicyclic) bond motifs is 1. The molecule has 1 aliphatic rings. The number of anilines is 1. The van der Waals surface area contributed by atoms with Gasteiger partial charge in [-0.25, -0.2) is 0 Å². The van der Waals surface area contributed by atoms with Crippen molar-refractivity contribution in [2.24, 2.45) is 0 Å². The van der Waals surface area contributed by atoms with E-state index in [2.05, 4.69) is 11.0 Å². The average molecular weight is 278 g/mol. The van der Waals surface area contributed by atoms with Crippen LogP contribution < -0.4 is 4.90 Å². The standard InChI is InChI=1S/C17H14N2O2/c18-9-12-5-7-13(8-6-12)10-19-11-15(17(20)21)14-3-1-2-4-16(14)19/h1-8,15H,10-11H2,(H,20,21). The van der Waals surface area contributed by atoms with Gasteiger partial charge in [0.15, 0.2) is 0 Å². The summed E-state index contributed by atoms with van der Waals surface area (Å²) in [6.07, 6.45) is 0. The van der Waals surface area contributed by atoms with Gasteiger partial charge in [-0.2, -0.15) is 5.26 Å². The van der Waals surface area contributed by atoms with Crippen molar-refractivity contribution in [3.05, 3.63) is 65.2 Å². The van der Waals surface area contributed by atoms with Crippen molar-refractivity contribution < 1.29 is 9.90 Å². The zero-order chi connectivity index (χ0) is 14.8. The third-order valence-corrected chi connectivity index (χ3v) is 3.81. The van der Waals surface area contributed by atoms with Crippen LogP contribution in [-0.4, -0.2) is 17.6 Å². The summed E-state index contributed by atoms with van der Waals surface area (Å²) in [4.78, 5) is 13.5. The van der Waals surface area contributed by atoms with Crippen molar-refractivity contribution in [2.75, 3.05) is 11.4 Å². The SMILES string of the molecule is N#Cc1ccc(CN2CC(C(=O)O)c3ccccc32)cc1. The van der Waals surface area contributed by atoms with Crippen LogP contribution in [0.5, 0.6) is 0 Å². The first kappa shape index (κ1) is 13.2. The van der Waals surface area contributed by atoms with E-state index in [0.29, 0.717) is 18.7 Å². The van der Waals surface area contributed by atoms with Gasteiger partial charge in [-0.05, 0) is 29.3 Å². The number of carbonyl (C=O) groups is 1. The molecule has 1 heterocycles. The Balaban J connectivity index is 1.86. The summed E-state index contributed by atoms with van der Waals surface area (Å²) < 4.78 is 0. The molecule has 3 rings (SSSR count). The Bertz CT molecular complexity index is 716. The second-order valence-corrected chi connectivity index (χ2v) is 5.14. The van der Waals surface area contributed by atoms with E-state index in [0.717, 1.165) is 16.8 Å². The highest BCUT2D eigenvalue weighted by atomic mass is 16.4. The van der Waals surface area contributed by atoms with E-state index in [1.165, 1.54) is 0 Å². The van der Waals surface area contributed by atoms with Crippen molar-refractivity contribution >= 4 is 11.7 Å². The van der Waals surface area contributed by atoms with Crippen LogP contribution in [0, 0.1) is 11.3 Å². The third kappa shape index (κ3) is 2.46. The summed E-state index contributed by atoms with van der Waals surface area (Å²) in [6, 6.07) is 17.1. The number of hydrogen-bond donors (Lipinski definition) is 1. The Hall–Kier alpha value is -2.80. The molecular formula is C17H14N2O2. The van der Waals surface area contributed by atoms with Gasteiger partial charge in [0.1, 0.15) is 5.92 Å². The summed E-state index contributed by atoms with van der Waals surface area (Å²) in [5, 5.41) is 18.2. The molecule has 1 aliphatic heterocycles. The Morgan fingerprint density at radius 2 is 1.95 bits per heavy atom. The molecule has 1 atom stereocenters. The lowest BCUT2D eigenvalue weighted by Crippen LogP contribution is -2.24. The van der Waals surface area contributed by atoms with E-state index in [4.69, 9.17) is 5.26 Å². The third-order valence-electron chi connectivity index (χ3n) is 3.81. The van der Waals surface area contributed by atoms with Gasteiger partial charge in [-0.15, -0.1) is 0 Å². The first-order valence-corrected chi connectivity index (χ1v) is 6.75. The second-order valence-electron chi connectivity index (χ2n) is 5.14. The van der Waals surface area contributed by atoms with Gasteiger partial charge in [-0.3, -0.25) is 4.79 Å². The lowest BCUT2D eigenvalue weighted by Gasteiger charge is -2.19. The fourth-order valence-corrected chi connectivity index (χ4v) is 2.75. The summed E-state index contributed by atoms with van der Waals surface area (Å²) in [7, 11) is 0. The molecule has 4 heteroatoms. The molecule has 0 aliphatic carbocycles. The second kappa shape index (κ2) is 5.29. The topological polar surface area (TPSA) is 64.3 Å². The molecule has 4 nitrogen and oxygen atoms in total. The Labute approximate surface area is 122 Å². The van der Waals surface area contributed by atoms with Gasteiger partial charge in [0.05, 0.1) is 11.6 Å². The fourth-order valence-electron chi connectivity index (χ4n) is 2.75. The Morgan fingerprint density at radius 1 is 1.24 bits per heavy atom. The van der Waals surface area contributed by atoms with Gasteiger partial charge >= 0.3 is 5.97 Å². The highest BCUT2D eigenvalue weighted by Gasteiger charge is 2.32. The molecule has 0 bridgehead atoms. The van der Waals surface area contributed by atoms with Crippen LogP contribution in [0.1, 0.15) is 22.6 Å². The van der Waals surface area contributed by atoms with Crippen molar-refractivity contribution in [1.82, 2.24) is 0 Å². The van der Waals surface area contributed by atoms with Crippen LogP contribution in [0.3, 0.4) is 0 Å². The predicted octanol–water partition coefficient (Wildman–Crippen LogP) is 2.75. The minimum atomic E-state index is -0.787. The lowest BCUT2D eigenvalue weighted by molar-refractivity contribution is -0.138. The van der Waals surface area contributed by atoms with Crippen LogP contribution in [0.15, 0.2) is 48.5 Å². The molecule has 0 radical (unpaired) electrons. The molecule has 0 fully saturated rings. The predicted molar refractivity (Wildman–Crippen MR) is 79.0 cm³/mol. The largest absolute Gasteiger partial charge is 0.481 e. The van der Waals surface area contributed by atoms with Crippen LogP contribution in [-0.2, 0) is 11.3 Å². The molecule has 0 amide bonds. The van der Waals surface area contributed by atoms with E-state index < -0.39 is 11.9 Å². The molecule has 2 aromatic rings. The number of aliphatic carboxylic acids is 1. The van der Waals surface area contributed by atoms with Crippen LogP contribution in [0.2, 0.25) is 0 Å². The van der Waals surface area contributed by atoms with E-state index >= 15 is 0 Å². The van der Waals surface area contributed by atoms with Crippen molar-refractivity contribution in [3.8, 4) is 6.07 Å². The number of benzene rings is 2. The molecular weight excluding hydrogens is 264 g/mol. The lowest BCUT2D eigenvalue weighted by atomic mass is 10.0. The maximum absolute atomic E-state index is 11.4. The van der Waals surface area contributed by atoms with E-state index in [-0.39, 0.29) is 0 Å². The molecule has 2 aromatic carbocycles. The number of nitrogens with zero attached hydrogens (tertiary/aromatic N) is 2. The van der Waals surface area contributed by atoms with E-state index in [9.17, 15) is 9.90 Å². The van der Waals surface area contributed by atoms with Crippen LogP contribution >= 0.6 is 0 Å². The summed E-state index contributed by atoms with van der Waals surface area (Å²) in [5.74, 6) is -1.26. The number of rotatable bonds is 3. The van der Waals surface area contributed by atoms with Crippen LogP contribution in [0.4, 0.5) is 5.69 Å². The summed E-state index contributed by atoms with van der Waals surface area (Å²) in [6.45, 7) is 1.13. The Morgan fingerprint density at radius 3 is 2.62 bits per heavy atom. The molecule has 0 saturated carbocycles. The number of para-hydroxylation sites is 1. The Kier molecular flexibility index (Phi) is 3.33. The molecule has 0 aromatic heterocycles. The number of hydrogen-bond acceptors (Lipinski definition) is 3. The van der Waals surface area contributed by atoms with Gasteiger partial charge in [0.2, 0.25) is 0 Å². The van der Waals surface area contributed by atoms with E-state index in [1.54, 1.807) is 12.1 Å². The van der Waals surface area contributed by atoms with Gasteiger partial charge in [-0.1, -0.05) is 30.3 Å². The average Bonchev–Trinajstić information content (AvgIpc) is 2.87. The summed E-state index contributed by atoms with van der Waals surface area (Å²) in [5.41, 5.74) is 3.55. The smallest absolute Gasteiger partial charge is 0.312 e. The highest BCUT2D eigenvalue weighted by Crippen LogP contribution is 2.37. The van der Waals surface area contributed by atoms with Crippen molar-refractivity contribution in [2.45, 2.75) is 12.5 Å². The first-order chi connectivity index (χ1) is 10.2. The zero-order valence-corrected chi connectivity index (χ0v) is 11.4. The summed E-state index contributed by atoms with van der Waals surface area (Å²) >= 11 is 0. The molecule has 0 spiro atoms. The van der Waals surface area contributed by atoms with E-state index in [1.807, 2.05) is 36.4 Å². The first-order valence-electron chi connectivity index (χ1n) is 6.75. The van der Waals surface area contributed by atoms with Gasteiger partial charge < -0.3 is 10.0 Å². The normalized spacial score (nSPS) is 16.3.